The van der Waals surface area contributed by atoms with Crippen LogP contribution in [0.4, 0.5) is 5.69 Å². The van der Waals surface area contributed by atoms with Crippen LogP contribution in [0.1, 0.15) is 27.2 Å². The van der Waals surface area contributed by atoms with E-state index in [0.717, 1.165) is 25.3 Å². The van der Waals surface area contributed by atoms with Crippen LogP contribution in [0.5, 0.6) is 5.75 Å². The minimum atomic E-state index is 0.505. The number of hydrogen-bond acceptors (Lipinski definition) is 3. The first-order valence-corrected chi connectivity index (χ1v) is 7.16. The number of rotatable bonds is 8. The van der Waals surface area contributed by atoms with E-state index in [4.69, 9.17) is 4.74 Å². The van der Waals surface area contributed by atoms with Crippen molar-refractivity contribution in [1.29, 1.82) is 0 Å². The number of likely N-dealkylation sites (N-methyl/N-ethyl adjacent to an activating group) is 1. The standard InChI is InChI=1S/C16H28N2O/c1-6-14(12-17-11-13(2)3)18(4)15-8-7-9-16(10-15)19-5/h7-10,13-14,17H,6,11-12H2,1-5H3. The van der Waals surface area contributed by atoms with Gasteiger partial charge in [0.05, 0.1) is 7.11 Å². The number of methoxy groups -OCH3 is 1. The molecule has 0 heterocycles. The molecule has 0 saturated carbocycles. The topological polar surface area (TPSA) is 24.5 Å². The van der Waals surface area contributed by atoms with E-state index in [9.17, 15) is 0 Å². The minimum Gasteiger partial charge on any atom is -0.497 e. The van der Waals surface area contributed by atoms with Gasteiger partial charge in [-0.05, 0) is 31.0 Å². The third-order valence-electron chi connectivity index (χ3n) is 3.41. The molecule has 0 aliphatic carbocycles. The molecular weight excluding hydrogens is 236 g/mol. The fraction of sp³-hybridized carbons (Fsp3) is 0.625. The Labute approximate surface area is 118 Å². The van der Waals surface area contributed by atoms with Gasteiger partial charge in [-0.15, -0.1) is 0 Å². The molecule has 1 N–H and O–H groups in total. The first-order chi connectivity index (χ1) is 9.08. The first-order valence-electron chi connectivity index (χ1n) is 7.16. The monoisotopic (exact) mass is 264 g/mol. The molecule has 1 aromatic rings. The summed E-state index contributed by atoms with van der Waals surface area (Å²) < 4.78 is 5.29. The van der Waals surface area contributed by atoms with Crippen LogP contribution in [0, 0.1) is 5.92 Å². The van der Waals surface area contributed by atoms with E-state index in [1.807, 2.05) is 12.1 Å². The Morgan fingerprint density at radius 1 is 1.26 bits per heavy atom. The average molecular weight is 264 g/mol. The molecule has 108 valence electrons. The molecule has 0 aliphatic heterocycles. The van der Waals surface area contributed by atoms with Gasteiger partial charge in [0.15, 0.2) is 0 Å². The highest BCUT2D eigenvalue weighted by molar-refractivity contribution is 5.50. The second kappa shape index (κ2) is 8.05. The zero-order chi connectivity index (χ0) is 14.3. The van der Waals surface area contributed by atoms with Crippen molar-refractivity contribution in [3.8, 4) is 5.75 Å². The molecular formula is C16H28N2O. The number of anilines is 1. The normalized spacial score (nSPS) is 12.5. The lowest BCUT2D eigenvalue weighted by Gasteiger charge is -2.30. The van der Waals surface area contributed by atoms with Gasteiger partial charge in [-0.2, -0.15) is 0 Å². The molecule has 0 amide bonds. The van der Waals surface area contributed by atoms with Crippen LogP contribution in [0.15, 0.2) is 24.3 Å². The number of nitrogens with one attached hydrogen (secondary N) is 1. The predicted octanol–water partition coefficient (Wildman–Crippen LogP) is 3.16. The lowest BCUT2D eigenvalue weighted by atomic mass is 10.1. The second-order valence-corrected chi connectivity index (χ2v) is 5.43. The third-order valence-corrected chi connectivity index (χ3v) is 3.41. The van der Waals surface area contributed by atoms with Crippen molar-refractivity contribution in [2.24, 2.45) is 5.92 Å². The van der Waals surface area contributed by atoms with E-state index in [2.05, 4.69) is 50.2 Å². The van der Waals surface area contributed by atoms with Crippen LogP contribution in [0.2, 0.25) is 0 Å². The van der Waals surface area contributed by atoms with Crippen LogP contribution in [0.3, 0.4) is 0 Å². The molecule has 3 nitrogen and oxygen atoms in total. The fourth-order valence-corrected chi connectivity index (χ4v) is 2.13. The lowest BCUT2D eigenvalue weighted by molar-refractivity contribution is 0.414. The Balaban J connectivity index is 2.63. The third kappa shape index (κ3) is 5.11. The number of nitrogens with zero attached hydrogens (tertiary/aromatic N) is 1. The summed E-state index contributed by atoms with van der Waals surface area (Å²) in [6, 6.07) is 8.75. The van der Waals surface area contributed by atoms with E-state index in [1.54, 1.807) is 7.11 Å². The Morgan fingerprint density at radius 3 is 2.58 bits per heavy atom. The van der Waals surface area contributed by atoms with Gasteiger partial charge < -0.3 is 15.0 Å². The Morgan fingerprint density at radius 2 is 2.00 bits per heavy atom. The summed E-state index contributed by atoms with van der Waals surface area (Å²) in [5, 5.41) is 3.54. The predicted molar refractivity (Wildman–Crippen MR) is 83.2 cm³/mol. The van der Waals surface area contributed by atoms with E-state index in [1.165, 1.54) is 5.69 Å². The fourth-order valence-electron chi connectivity index (χ4n) is 2.13. The summed E-state index contributed by atoms with van der Waals surface area (Å²) in [6.07, 6.45) is 1.12. The zero-order valence-corrected chi connectivity index (χ0v) is 12.9. The van der Waals surface area contributed by atoms with Crippen molar-refractivity contribution in [1.82, 2.24) is 5.32 Å². The zero-order valence-electron chi connectivity index (χ0n) is 12.9. The highest BCUT2D eigenvalue weighted by Crippen LogP contribution is 2.22. The van der Waals surface area contributed by atoms with Crippen molar-refractivity contribution in [3.63, 3.8) is 0 Å². The van der Waals surface area contributed by atoms with Crippen LogP contribution < -0.4 is 15.0 Å². The summed E-state index contributed by atoms with van der Waals surface area (Å²) in [4.78, 5) is 2.33. The van der Waals surface area contributed by atoms with Crippen molar-refractivity contribution in [2.75, 3.05) is 32.1 Å². The van der Waals surface area contributed by atoms with Crippen molar-refractivity contribution >= 4 is 5.69 Å². The Hall–Kier alpha value is -1.22. The number of hydrogen-bond donors (Lipinski definition) is 1. The summed E-state index contributed by atoms with van der Waals surface area (Å²) >= 11 is 0. The molecule has 19 heavy (non-hydrogen) atoms. The molecule has 0 spiro atoms. The number of ether oxygens (including phenoxy) is 1. The molecule has 3 heteroatoms. The Bertz CT molecular complexity index is 366. The molecule has 1 rings (SSSR count). The summed E-state index contributed by atoms with van der Waals surface area (Å²) in [5.41, 5.74) is 1.21. The van der Waals surface area contributed by atoms with Gasteiger partial charge in [-0.1, -0.05) is 26.8 Å². The quantitative estimate of drug-likeness (QED) is 0.780. The van der Waals surface area contributed by atoms with Crippen molar-refractivity contribution < 1.29 is 4.74 Å². The maximum absolute atomic E-state index is 5.29. The number of benzene rings is 1. The molecule has 0 radical (unpaired) electrons. The van der Waals surface area contributed by atoms with Crippen LogP contribution in [-0.4, -0.2) is 33.3 Å². The van der Waals surface area contributed by atoms with Gasteiger partial charge in [0, 0.05) is 31.4 Å². The Kier molecular flexibility index (Phi) is 6.71. The molecule has 0 bridgehead atoms. The lowest BCUT2D eigenvalue weighted by Crippen LogP contribution is -2.40. The SMILES string of the molecule is CCC(CNCC(C)C)N(C)c1cccc(OC)c1. The van der Waals surface area contributed by atoms with Crippen LogP contribution in [0.25, 0.3) is 0 Å². The van der Waals surface area contributed by atoms with E-state index in [0.29, 0.717) is 12.0 Å². The van der Waals surface area contributed by atoms with E-state index >= 15 is 0 Å². The van der Waals surface area contributed by atoms with E-state index < -0.39 is 0 Å². The van der Waals surface area contributed by atoms with E-state index in [-0.39, 0.29) is 0 Å². The van der Waals surface area contributed by atoms with Crippen molar-refractivity contribution in [3.05, 3.63) is 24.3 Å². The maximum Gasteiger partial charge on any atom is 0.120 e. The molecule has 1 unspecified atom stereocenters. The highest BCUT2D eigenvalue weighted by Gasteiger charge is 2.13. The largest absolute Gasteiger partial charge is 0.497 e. The van der Waals surface area contributed by atoms with Gasteiger partial charge >= 0.3 is 0 Å². The summed E-state index contributed by atoms with van der Waals surface area (Å²) in [7, 11) is 3.86. The first kappa shape index (κ1) is 15.8. The molecule has 0 saturated heterocycles. The molecule has 0 aromatic heterocycles. The summed E-state index contributed by atoms with van der Waals surface area (Å²) in [5.74, 6) is 1.61. The van der Waals surface area contributed by atoms with Gasteiger partial charge in [0.2, 0.25) is 0 Å². The highest BCUT2D eigenvalue weighted by atomic mass is 16.5. The van der Waals surface area contributed by atoms with Gasteiger partial charge in [-0.25, -0.2) is 0 Å². The van der Waals surface area contributed by atoms with Crippen molar-refractivity contribution in [2.45, 2.75) is 33.2 Å². The smallest absolute Gasteiger partial charge is 0.120 e. The van der Waals surface area contributed by atoms with Gasteiger partial charge in [0.1, 0.15) is 5.75 Å². The van der Waals surface area contributed by atoms with Gasteiger partial charge in [0.25, 0.3) is 0 Å². The summed E-state index contributed by atoms with van der Waals surface area (Å²) in [6.45, 7) is 8.79. The maximum atomic E-state index is 5.29. The van der Waals surface area contributed by atoms with Crippen LogP contribution >= 0.6 is 0 Å². The molecule has 1 aromatic carbocycles. The molecule has 0 aliphatic rings. The molecule has 0 fully saturated rings. The average Bonchev–Trinajstić information content (AvgIpc) is 2.42. The second-order valence-electron chi connectivity index (χ2n) is 5.43. The minimum absolute atomic E-state index is 0.505. The molecule has 1 atom stereocenters. The van der Waals surface area contributed by atoms with Gasteiger partial charge in [-0.3, -0.25) is 0 Å². The van der Waals surface area contributed by atoms with Crippen LogP contribution in [-0.2, 0) is 0 Å².